The summed E-state index contributed by atoms with van der Waals surface area (Å²) in [7, 11) is 0. The molecule has 1 aromatic carbocycles. The van der Waals surface area contributed by atoms with E-state index in [2.05, 4.69) is 66.7 Å². The lowest BCUT2D eigenvalue weighted by atomic mass is 10.1. The molecule has 0 spiro atoms. The van der Waals surface area contributed by atoms with Crippen LogP contribution in [0.3, 0.4) is 0 Å². The summed E-state index contributed by atoms with van der Waals surface area (Å²) in [5.74, 6) is 0. The third-order valence-corrected chi connectivity index (χ3v) is 3.08. The Balaban J connectivity index is 2.46. The van der Waals surface area contributed by atoms with Gasteiger partial charge in [0.15, 0.2) is 0 Å². The SMILES string of the molecule is C=C/C=C\C=NCC(=C)\C=C/C(=C\C)/C=C/Cc1ccccc1. The van der Waals surface area contributed by atoms with Gasteiger partial charge in [-0.05, 0) is 36.1 Å². The molecule has 0 saturated heterocycles. The minimum absolute atomic E-state index is 0.600. The summed E-state index contributed by atoms with van der Waals surface area (Å²) < 4.78 is 0. The maximum Gasteiger partial charge on any atom is 0.0634 e. The predicted molar refractivity (Wildman–Crippen MR) is 104 cm³/mol. The highest BCUT2D eigenvalue weighted by Gasteiger charge is 1.89. The van der Waals surface area contributed by atoms with E-state index in [9.17, 15) is 0 Å². The maximum absolute atomic E-state index is 4.27. The van der Waals surface area contributed by atoms with Crippen LogP contribution in [-0.2, 0) is 6.42 Å². The summed E-state index contributed by atoms with van der Waals surface area (Å²) in [6.45, 7) is 10.3. The molecule has 0 atom stereocenters. The van der Waals surface area contributed by atoms with Crippen molar-refractivity contribution in [2.24, 2.45) is 4.99 Å². The number of benzene rings is 1. The highest BCUT2D eigenvalue weighted by molar-refractivity contribution is 5.71. The molecule has 0 aliphatic rings. The average molecular weight is 303 g/mol. The van der Waals surface area contributed by atoms with Gasteiger partial charge >= 0.3 is 0 Å². The van der Waals surface area contributed by atoms with E-state index in [0.717, 1.165) is 17.6 Å². The molecule has 0 radical (unpaired) electrons. The molecule has 1 rings (SSSR count). The lowest BCUT2D eigenvalue weighted by Gasteiger charge is -1.97. The molecule has 0 aliphatic heterocycles. The van der Waals surface area contributed by atoms with Crippen molar-refractivity contribution in [2.75, 3.05) is 6.54 Å². The molecule has 0 amide bonds. The van der Waals surface area contributed by atoms with E-state index in [1.54, 1.807) is 12.3 Å². The second-order valence-corrected chi connectivity index (χ2v) is 4.98. The first-order valence-corrected chi connectivity index (χ1v) is 7.76. The van der Waals surface area contributed by atoms with Crippen LogP contribution >= 0.6 is 0 Å². The average Bonchev–Trinajstić information content (AvgIpc) is 2.58. The Bertz CT molecular complexity index is 625. The van der Waals surface area contributed by atoms with Crippen molar-refractivity contribution < 1.29 is 0 Å². The van der Waals surface area contributed by atoms with Crippen LogP contribution in [0.2, 0.25) is 0 Å². The molecular weight excluding hydrogens is 278 g/mol. The molecule has 0 N–H and O–H groups in total. The van der Waals surface area contributed by atoms with Crippen molar-refractivity contribution in [3.05, 3.63) is 109 Å². The Hall–Kier alpha value is -2.67. The zero-order valence-corrected chi connectivity index (χ0v) is 13.9. The second-order valence-electron chi connectivity index (χ2n) is 4.98. The van der Waals surface area contributed by atoms with Crippen LogP contribution in [-0.4, -0.2) is 12.8 Å². The summed E-state index contributed by atoms with van der Waals surface area (Å²) in [4.78, 5) is 4.27. The van der Waals surface area contributed by atoms with Gasteiger partial charge in [0.2, 0.25) is 0 Å². The van der Waals surface area contributed by atoms with Crippen molar-refractivity contribution >= 4 is 6.21 Å². The Labute approximate surface area is 140 Å². The highest BCUT2D eigenvalue weighted by atomic mass is 14.7. The first-order valence-electron chi connectivity index (χ1n) is 7.76. The van der Waals surface area contributed by atoms with Crippen molar-refractivity contribution in [2.45, 2.75) is 13.3 Å². The molecule has 1 nitrogen and oxygen atoms in total. The van der Waals surface area contributed by atoms with Crippen molar-refractivity contribution in [3.63, 3.8) is 0 Å². The van der Waals surface area contributed by atoms with Crippen LogP contribution in [0.5, 0.6) is 0 Å². The zero-order chi connectivity index (χ0) is 16.8. The zero-order valence-electron chi connectivity index (χ0n) is 13.9. The fourth-order valence-electron chi connectivity index (χ4n) is 1.82. The molecule has 0 aromatic heterocycles. The van der Waals surface area contributed by atoms with Gasteiger partial charge in [-0.1, -0.05) is 86.0 Å². The van der Waals surface area contributed by atoms with Gasteiger partial charge < -0.3 is 0 Å². The predicted octanol–water partition coefficient (Wildman–Crippen LogP) is 5.66. The molecule has 0 aliphatic carbocycles. The summed E-state index contributed by atoms with van der Waals surface area (Å²) in [5, 5.41) is 0. The van der Waals surface area contributed by atoms with E-state index in [1.807, 2.05) is 31.2 Å². The molecule has 1 aromatic rings. The van der Waals surface area contributed by atoms with Crippen LogP contribution in [0, 0.1) is 0 Å². The Morgan fingerprint density at radius 3 is 2.57 bits per heavy atom. The van der Waals surface area contributed by atoms with Gasteiger partial charge in [-0.3, -0.25) is 4.99 Å². The lowest BCUT2D eigenvalue weighted by Crippen LogP contribution is -1.83. The van der Waals surface area contributed by atoms with Gasteiger partial charge in [0.25, 0.3) is 0 Å². The molecule has 0 saturated carbocycles. The fraction of sp³-hybridized carbons (Fsp3) is 0.136. The molecule has 118 valence electrons. The smallest absolute Gasteiger partial charge is 0.0634 e. The quantitative estimate of drug-likeness (QED) is 0.412. The Morgan fingerprint density at radius 2 is 1.87 bits per heavy atom. The summed E-state index contributed by atoms with van der Waals surface area (Å²) >= 11 is 0. The molecule has 0 fully saturated rings. The van der Waals surface area contributed by atoms with Crippen molar-refractivity contribution in [1.82, 2.24) is 0 Å². The van der Waals surface area contributed by atoms with Crippen LogP contribution in [0.25, 0.3) is 0 Å². The summed E-state index contributed by atoms with van der Waals surface area (Å²) in [6.07, 6.45) is 18.6. The standard InChI is InChI=1S/C22H25N/c1-4-6-10-18-23-19-20(3)16-17-21(5-2)14-11-15-22-12-8-7-9-13-22/h4-14,16-18H,1,3,15,19H2,2H3/b10-6-,14-11+,17-16-,21-5-,23-18?. The number of hydrogen-bond acceptors (Lipinski definition) is 1. The third kappa shape index (κ3) is 9.05. The number of aliphatic imine (C=N–C) groups is 1. The van der Waals surface area contributed by atoms with Crippen molar-refractivity contribution in [1.29, 1.82) is 0 Å². The number of nitrogens with zero attached hydrogens (tertiary/aromatic N) is 1. The molecule has 1 heteroatoms. The van der Waals surface area contributed by atoms with E-state index in [4.69, 9.17) is 0 Å². The third-order valence-electron chi connectivity index (χ3n) is 3.08. The van der Waals surface area contributed by atoms with Gasteiger partial charge in [-0.25, -0.2) is 0 Å². The van der Waals surface area contributed by atoms with E-state index in [1.165, 1.54) is 5.56 Å². The minimum atomic E-state index is 0.600. The highest BCUT2D eigenvalue weighted by Crippen LogP contribution is 2.06. The van der Waals surface area contributed by atoms with Gasteiger partial charge in [-0.15, -0.1) is 0 Å². The molecule has 0 unspecified atom stereocenters. The first-order chi connectivity index (χ1) is 11.3. The minimum Gasteiger partial charge on any atom is -0.288 e. The number of hydrogen-bond donors (Lipinski definition) is 0. The second kappa shape index (κ2) is 11.9. The van der Waals surface area contributed by atoms with E-state index in [-0.39, 0.29) is 0 Å². The number of allylic oxidation sites excluding steroid dienone is 8. The summed E-state index contributed by atoms with van der Waals surface area (Å²) in [6, 6.07) is 10.4. The molecular formula is C22H25N. The van der Waals surface area contributed by atoms with Gasteiger partial charge in [0.1, 0.15) is 0 Å². The van der Waals surface area contributed by atoms with E-state index >= 15 is 0 Å². The normalized spacial score (nSPS) is 12.8. The lowest BCUT2D eigenvalue weighted by molar-refractivity contribution is 1.20. The monoisotopic (exact) mass is 303 g/mol. The topological polar surface area (TPSA) is 12.4 Å². The van der Waals surface area contributed by atoms with E-state index < -0.39 is 0 Å². The van der Waals surface area contributed by atoms with Crippen molar-refractivity contribution in [3.8, 4) is 0 Å². The van der Waals surface area contributed by atoms with Gasteiger partial charge in [0, 0.05) is 6.21 Å². The van der Waals surface area contributed by atoms with Gasteiger partial charge in [-0.2, -0.15) is 0 Å². The van der Waals surface area contributed by atoms with Crippen LogP contribution in [0.15, 0.2) is 108 Å². The van der Waals surface area contributed by atoms with Crippen LogP contribution in [0.4, 0.5) is 0 Å². The Kier molecular flexibility index (Phi) is 9.54. The van der Waals surface area contributed by atoms with Crippen LogP contribution in [0.1, 0.15) is 12.5 Å². The van der Waals surface area contributed by atoms with Crippen LogP contribution < -0.4 is 0 Å². The molecule has 0 heterocycles. The number of rotatable bonds is 9. The molecule has 23 heavy (non-hydrogen) atoms. The fourth-order valence-corrected chi connectivity index (χ4v) is 1.82. The first kappa shape index (κ1) is 18.4. The largest absolute Gasteiger partial charge is 0.288 e. The van der Waals surface area contributed by atoms with E-state index in [0.29, 0.717) is 6.54 Å². The van der Waals surface area contributed by atoms with Gasteiger partial charge in [0.05, 0.1) is 6.54 Å². The molecule has 0 bridgehead atoms. The Morgan fingerprint density at radius 1 is 1.09 bits per heavy atom. The maximum atomic E-state index is 4.27. The summed E-state index contributed by atoms with van der Waals surface area (Å²) in [5.41, 5.74) is 3.45.